The van der Waals surface area contributed by atoms with Crippen molar-refractivity contribution in [2.24, 2.45) is 0 Å². The topological polar surface area (TPSA) is 137 Å². The largest absolute Gasteiger partial charge is 0.397 e. The van der Waals surface area contributed by atoms with Crippen molar-refractivity contribution < 1.29 is 14.3 Å². The number of rotatable bonds is 9. The number of nitrogens with one attached hydrogen (secondary N) is 2. The Bertz CT molecular complexity index is 1790. The molecule has 0 spiro atoms. The molecule has 2 aromatic carbocycles. The molecule has 0 atom stereocenters. The maximum Gasteiger partial charge on any atom is 0.255 e. The van der Waals surface area contributed by atoms with Crippen molar-refractivity contribution >= 4 is 28.8 Å². The van der Waals surface area contributed by atoms with Crippen molar-refractivity contribution in [3.63, 3.8) is 0 Å². The molecule has 1 aliphatic carbocycles. The van der Waals surface area contributed by atoms with Crippen LogP contribution < -0.4 is 16.4 Å². The first-order valence-electron chi connectivity index (χ1n) is 13.8. The summed E-state index contributed by atoms with van der Waals surface area (Å²) in [6.07, 6.45) is 5.45. The minimum absolute atomic E-state index is 0.176. The Morgan fingerprint density at radius 2 is 1.79 bits per heavy atom. The zero-order valence-electron chi connectivity index (χ0n) is 23.4. The summed E-state index contributed by atoms with van der Waals surface area (Å²) < 4.78 is 6.95. The fourth-order valence-electron chi connectivity index (χ4n) is 5.21. The van der Waals surface area contributed by atoms with E-state index in [1.807, 2.05) is 60.0 Å². The maximum atomic E-state index is 12.8. The summed E-state index contributed by atoms with van der Waals surface area (Å²) in [7, 11) is 1.59. The van der Waals surface area contributed by atoms with Crippen LogP contribution in [0, 0.1) is 6.92 Å². The van der Waals surface area contributed by atoms with Gasteiger partial charge in [0, 0.05) is 37.2 Å². The van der Waals surface area contributed by atoms with Gasteiger partial charge in [-0.15, -0.1) is 0 Å². The Morgan fingerprint density at radius 3 is 2.52 bits per heavy atom. The molecule has 42 heavy (non-hydrogen) atoms. The molecule has 5 aromatic rings. The summed E-state index contributed by atoms with van der Waals surface area (Å²) in [5.74, 6) is 0.337. The molecule has 0 aliphatic heterocycles. The van der Waals surface area contributed by atoms with Crippen LogP contribution in [0.2, 0.25) is 0 Å². The van der Waals surface area contributed by atoms with E-state index in [4.69, 9.17) is 20.4 Å². The number of hydrogen-bond acceptors (Lipinski definition) is 7. The number of hydrogen-bond donors (Lipinski definition) is 3. The summed E-state index contributed by atoms with van der Waals surface area (Å²) in [4.78, 5) is 39.7. The van der Waals surface area contributed by atoms with Gasteiger partial charge in [0.15, 0.2) is 0 Å². The molecule has 1 saturated carbocycles. The molecular formula is C32H31N7O3. The number of amides is 2. The van der Waals surface area contributed by atoms with Crippen LogP contribution in [0.3, 0.4) is 0 Å². The molecule has 0 unspecified atom stereocenters. The molecule has 2 amide bonds. The van der Waals surface area contributed by atoms with E-state index in [9.17, 15) is 9.59 Å². The van der Waals surface area contributed by atoms with E-state index >= 15 is 0 Å². The molecule has 3 aromatic heterocycles. The minimum Gasteiger partial charge on any atom is -0.397 e. The zero-order chi connectivity index (χ0) is 29.3. The van der Waals surface area contributed by atoms with Crippen molar-refractivity contribution in [1.29, 1.82) is 0 Å². The number of imidazole rings is 1. The van der Waals surface area contributed by atoms with Gasteiger partial charge in [-0.25, -0.2) is 15.0 Å². The molecule has 1 aliphatic rings. The van der Waals surface area contributed by atoms with Crippen LogP contribution in [0.1, 0.15) is 50.6 Å². The highest BCUT2D eigenvalue weighted by molar-refractivity contribution is 6.05. The molecule has 212 valence electrons. The van der Waals surface area contributed by atoms with Crippen molar-refractivity contribution in [3.8, 4) is 11.4 Å². The molecule has 4 N–H and O–H groups in total. The quantitative estimate of drug-likeness (QED) is 0.179. The Balaban J connectivity index is 1.25. The van der Waals surface area contributed by atoms with Crippen LogP contribution in [0.25, 0.3) is 17.0 Å². The first kappa shape index (κ1) is 27.1. The van der Waals surface area contributed by atoms with E-state index in [0.717, 1.165) is 41.3 Å². The number of nitrogens with two attached hydrogens (primary N) is 1. The molecule has 10 nitrogen and oxygen atoms in total. The number of aromatic nitrogens is 4. The van der Waals surface area contributed by atoms with Crippen LogP contribution in [0.15, 0.2) is 79.1 Å². The predicted molar refractivity (Wildman–Crippen MR) is 160 cm³/mol. The second-order valence-corrected chi connectivity index (χ2v) is 10.4. The number of anilines is 2. The lowest BCUT2D eigenvalue weighted by molar-refractivity contribution is 0.0936. The van der Waals surface area contributed by atoms with Crippen molar-refractivity contribution in [3.05, 3.63) is 107 Å². The molecule has 10 heteroatoms. The summed E-state index contributed by atoms with van der Waals surface area (Å²) in [5.41, 5.74) is 12.0. The van der Waals surface area contributed by atoms with Crippen LogP contribution in [0.5, 0.6) is 0 Å². The average Bonchev–Trinajstić information content (AvgIpc) is 3.75. The van der Waals surface area contributed by atoms with Gasteiger partial charge in [0.1, 0.15) is 11.5 Å². The fraction of sp³-hybridized carbons (Fsp3) is 0.219. The highest BCUT2D eigenvalue weighted by Gasteiger charge is 2.48. The Kier molecular flexibility index (Phi) is 7.13. The number of fused-ring (bicyclic) bond motifs is 1. The number of carbonyl (C=O) groups excluding carboxylic acids is 2. The van der Waals surface area contributed by atoms with Gasteiger partial charge in [-0.1, -0.05) is 24.3 Å². The molecular weight excluding hydrogens is 530 g/mol. The third kappa shape index (κ3) is 5.08. The van der Waals surface area contributed by atoms with Gasteiger partial charge in [-0.2, -0.15) is 0 Å². The maximum absolute atomic E-state index is 12.8. The van der Waals surface area contributed by atoms with Crippen LogP contribution in [-0.2, 0) is 10.2 Å². The van der Waals surface area contributed by atoms with Crippen LogP contribution >= 0.6 is 0 Å². The van der Waals surface area contributed by atoms with E-state index in [-0.39, 0.29) is 17.2 Å². The number of aryl methyl sites for hydroxylation is 1. The van der Waals surface area contributed by atoms with E-state index in [1.165, 1.54) is 0 Å². The van der Waals surface area contributed by atoms with Gasteiger partial charge >= 0.3 is 0 Å². The Hall–Kier alpha value is -5.09. The van der Waals surface area contributed by atoms with E-state index in [2.05, 4.69) is 15.6 Å². The van der Waals surface area contributed by atoms with E-state index in [0.29, 0.717) is 41.3 Å². The first-order valence-corrected chi connectivity index (χ1v) is 13.8. The Morgan fingerprint density at radius 1 is 1.00 bits per heavy atom. The molecule has 1 fully saturated rings. The average molecular weight is 562 g/mol. The highest BCUT2D eigenvalue weighted by atomic mass is 16.5. The summed E-state index contributed by atoms with van der Waals surface area (Å²) >= 11 is 0. The van der Waals surface area contributed by atoms with Crippen molar-refractivity contribution in [1.82, 2.24) is 24.7 Å². The molecule has 0 radical (unpaired) electrons. The van der Waals surface area contributed by atoms with Crippen LogP contribution in [-0.4, -0.2) is 51.4 Å². The smallest absolute Gasteiger partial charge is 0.255 e. The third-order valence-corrected chi connectivity index (χ3v) is 7.64. The summed E-state index contributed by atoms with van der Waals surface area (Å²) in [6.45, 7) is 2.81. The first-order chi connectivity index (χ1) is 20.4. The minimum atomic E-state index is -0.309. The number of pyridine rings is 1. The van der Waals surface area contributed by atoms with Gasteiger partial charge in [0.2, 0.25) is 0 Å². The predicted octanol–water partition coefficient (Wildman–Crippen LogP) is 4.39. The monoisotopic (exact) mass is 561 g/mol. The molecule has 6 rings (SSSR count). The summed E-state index contributed by atoms with van der Waals surface area (Å²) in [6, 6.07) is 20.2. The van der Waals surface area contributed by atoms with Crippen molar-refractivity contribution in [2.45, 2.75) is 25.2 Å². The van der Waals surface area contributed by atoms with Gasteiger partial charge in [-0.3, -0.25) is 14.0 Å². The molecule has 3 heterocycles. The van der Waals surface area contributed by atoms with Crippen LogP contribution in [0.4, 0.5) is 11.4 Å². The summed E-state index contributed by atoms with van der Waals surface area (Å²) in [5, 5.41) is 5.71. The lowest BCUT2D eigenvalue weighted by atomic mass is 9.93. The number of carbonyl (C=O) groups is 2. The lowest BCUT2D eigenvalue weighted by Gasteiger charge is -2.16. The number of ether oxygens (including phenoxy) is 1. The lowest BCUT2D eigenvalue weighted by Crippen LogP contribution is -2.26. The van der Waals surface area contributed by atoms with E-state index in [1.54, 1.807) is 37.6 Å². The molecule has 0 bridgehead atoms. The number of benzene rings is 2. The number of methoxy groups -OCH3 is 1. The van der Waals surface area contributed by atoms with E-state index < -0.39 is 0 Å². The second-order valence-electron chi connectivity index (χ2n) is 10.4. The number of para-hydroxylation sites is 2. The highest BCUT2D eigenvalue weighted by Crippen LogP contribution is 2.52. The van der Waals surface area contributed by atoms with Gasteiger partial charge < -0.3 is 21.1 Å². The third-order valence-electron chi connectivity index (χ3n) is 7.64. The Labute approximate surface area is 243 Å². The normalized spacial score (nSPS) is 13.6. The number of nitrogens with zero attached hydrogens (tertiary/aromatic N) is 4. The molecule has 0 saturated heterocycles. The standard InChI is InChI=1S/C32H31N7O3/c1-20-28(39-17-12-22(19-27(39)36-20)29(40)34-16-18-42-2)26-11-15-35-31(38-26)32(13-14-32)23-9-7-21(8-10-23)30(41)37-25-6-4-3-5-24(25)33/h3-12,15,17,19H,13-14,16,18,33H2,1-2H3,(H,34,40)(H,37,41). The van der Waals surface area contributed by atoms with Gasteiger partial charge in [0.25, 0.3) is 11.8 Å². The fourth-order valence-corrected chi connectivity index (χ4v) is 5.21. The van der Waals surface area contributed by atoms with Crippen molar-refractivity contribution in [2.75, 3.05) is 31.3 Å². The SMILES string of the molecule is COCCNC(=O)c1ccn2c(-c3ccnc(C4(c5ccc(C(=O)Nc6ccccc6N)cc5)CC4)n3)c(C)nc2c1. The second kappa shape index (κ2) is 11.1. The zero-order valence-corrected chi connectivity index (χ0v) is 23.4. The number of nitrogen functional groups attached to an aromatic ring is 1. The van der Waals surface area contributed by atoms with Gasteiger partial charge in [0.05, 0.1) is 40.5 Å². The van der Waals surface area contributed by atoms with Gasteiger partial charge in [-0.05, 0) is 67.8 Å².